The van der Waals surface area contributed by atoms with Crippen molar-refractivity contribution in [3.63, 3.8) is 0 Å². The lowest BCUT2D eigenvalue weighted by molar-refractivity contribution is 0.298. The third-order valence-corrected chi connectivity index (χ3v) is 4.54. The van der Waals surface area contributed by atoms with Gasteiger partial charge in [0.25, 0.3) is 0 Å². The van der Waals surface area contributed by atoms with Gasteiger partial charge in [0.2, 0.25) is 0 Å². The standard InChI is InChI=1S/C12H22N2S/c1-4-10(5-6-13)14-11-7-12(2,3)9-15-8-11/h10-11,14H,4-5,7-9H2,1-3H3. The van der Waals surface area contributed by atoms with E-state index in [1.54, 1.807) is 0 Å². The van der Waals surface area contributed by atoms with Crippen molar-refractivity contribution in [1.82, 2.24) is 5.32 Å². The summed E-state index contributed by atoms with van der Waals surface area (Å²) in [6.45, 7) is 6.81. The van der Waals surface area contributed by atoms with Crippen LogP contribution in [0.5, 0.6) is 0 Å². The second-order valence-electron chi connectivity index (χ2n) is 5.21. The van der Waals surface area contributed by atoms with Crippen LogP contribution in [0.1, 0.15) is 40.0 Å². The van der Waals surface area contributed by atoms with E-state index >= 15 is 0 Å². The first-order valence-corrected chi connectivity index (χ1v) is 6.93. The van der Waals surface area contributed by atoms with E-state index in [0.29, 0.717) is 23.9 Å². The Morgan fingerprint density at radius 1 is 1.60 bits per heavy atom. The maximum Gasteiger partial charge on any atom is 0.0638 e. The number of rotatable bonds is 4. The predicted octanol–water partition coefficient (Wildman–Crippen LogP) is 2.80. The molecule has 0 aliphatic carbocycles. The Kier molecular flexibility index (Phi) is 4.95. The molecule has 0 aromatic carbocycles. The molecule has 1 aliphatic rings. The van der Waals surface area contributed by atoms with Crippen LogP contribution in [-0.4, -0.2) is 23.6 Å². The van der Waals surface area contributed by atoms with E-state index < -0.39 is 0 Å². The molecule has 2 unspecified atom stereocenters. The minimum absolute atomic E-state index is 0.384. The van der Waals surface area contributed by atoms with Crippen LogP contribution in [0, 0.1) is 16.7 Å². The molecule has 2 atom stereocenters. The SMILES string of the molecule is CCC(CC#N)NC1CSCC(C)(C)C1. The lowest BCUT2D eigenvalue weighted by Crippen LogP contribution is -2.45. The minimum Gasteiger partial charge on any atom is -0.309 e. The Morgan fingerprint density at radius 3 is 2.87 bits per heavy atom. The van der Waals surface area contributed by atoms with Crippen molar-refractivity contribution >= 4 is 11.8 Å². The minimum atomic E-state index is 0.384. The van der Waals surface area contributed by atoms with Crippen LogP contribution >= 0.6 is 11.8 Å². The van der Waals surface area contributed by atoms with Crippen molar-refractivity contribution < 1.29 is 0 Å². The van der Waals surface area contributed by atoms with Crippen LogP contribution in [0.25, 0.3) is 0 Å². The molecular weight excluding hydrogens is 204 g/mol. The topological polar surface area (TPSA) is 35.8 Å². The van der Waals surface area contributed by atoms with Gasteiger partial charge in [0.05, 0.1) is 12.5 Å². The summed E-state index contributed by atoms with van der Waals surface area (Å²) in [6, 6.07) is 3.24. The molecule has 1 N–H and O–H groups in total. The lowest BCUT2D eigenvalue weighted by atomic mass is 9.87. The van der Waals surface area contributed by atoms with Crippen molar-refractivity contribution in [3.8, 4) is 6.07 Å². The van der Waals surface area contributed by atoms with Gasteiger partial charge in [-0.25, -0.2) is 0 Å². The fourth-order valence-electron chi connectivity index (χ4n) is 2.13. The summed E-state index contributed by atoms with van der Waals surface area (Å²) in [6.07, 6.45) is 2.93. The van der Waals surface area contributed by atoms with Crippen LogP contribution in [0.2, 0.25) is 0 Å². The molecule has 1 saturated heterocycles. The van der Waals surface area contributed by atoms with Gasteiger partial charge in [0.1, 0.15) is 0 Å². The molecule has 0 aromatic heterocycles. The van der Waals surface area contributed by atoms with Gasteiger partial charge in [-0.2, -0.15) is 17.0 Å². The zero-order valence-corrected chi connectivity index (χ0v) is 10.9. The molecule has 0 spiro atoms. The van der Waals surface area contributed by atoms with Crippen molar-refractivity contribution in [2.75, 3.05) is 11.5 Å². The van der Waals surface area contributed by atoms with Gasteiger partial charge in [0, 0.05) is 17.8 Å². The van der Waals surface area contributed by atoms with Crippen molar-refractivity contribution in [2.24, 2.45) is 5.41 Å². The summed E-state index contributed by atoms with van der Waals surface area (Å²) in [7, 11) is 0. The Labute approximate surface area is 97.8 Å². The molecule has 0 aromatic rings. The van der Waals surface area contributed by atoms with Gasteiger partial charge in [-0.15, -0.1) is 0 Å². The summed E-state index contributed by atoms with van der Waals surface area (Å²) < 4.78 is 0. The summed E-state index contributed by atoms with van der Waals surface area (Å²) in [4.78, 5) is 0. The molecule has 1 aliphatic heterocycles. The van der Waals surface area contributed by atoms with Gasteiger partial charge >= 0.3 is 0 Å². The molecule has 2 nitrogen and oxygen atoms in total. The van der Waals surface area contributed by atoms with E-state index in [1.165, 1.54) is 17.9 Å². The van der Waals surface area contributed by atoms with Gasteiger partial charge in [-0.1, -0.05) is 20.8 Å². The van der Waals surface area contributed by atoms with E-state index in [0.717, 1.165) is 6.42 Å². The van der Waals surface area contributed by atoms with E-state index in [4.69, 9.17) is 5.26 Å². The van der Waals surface area contributed by atoms with E-state index in [1.807, 2.05) is 11.8 Å². The maximum atomic E-state index is 8.70. The molecule has 15 heavy (non-hydrogen) atoms. The Balaban J connectivity index is 2.40. The number of hydrogen-bond acceptors (Lipinski definition) is 3. The average molecular weight is 226 g/mol. The Morgan fingerprint density at radius 2 is 2.33 bits per heavy atom. The molecular formula is C12H22N2S. The van der Waals surface area contributed by atoms with Crippen molar-refractivity contribution in [2.45, 2.75) is 52.1 Å². The number of nitrogens with one attached hydrogen (secondary N) is 1. The first-order chi connectivity index (χ1) is 7.07. The highest BCUT2D eigenvalue weighted by Crippen LogP contribution is 2.33. The first kappa shape index (κ1) is 12.9. The highest BCUT2D eigenvalue weighted by molar-refractivity contribution is 7.99. The smallest absolute Gasteiger partial charge is 0.0638 e. The Hall–Kier alpha value is -0.200. The lowest BCUT2D eigenvalue weighted by Gasteiger charge is -2.36. The van der Waals surface area contributed by atoms with Gasteiger partial charge in [-0.05, 0) is 24.0 Å². The molecule has 3 heteroatoms. The van der Waals surface area contributed by atoms with Gasteiger partial charge in [-0.3, -0.25) is 0 Å². The highest BCUT2D eigenvalue weighted by Gasteiger charge is 2.29. The van der Waals surface area contributed by atoms with Crippen LogP contribution in [0.3, 0.4) is 0 Å². The first-order valence-electron chi connectivity index (χ1n) is 5.78. The number of nitrogens with zero attached hydrogens (tertiary/aromatic N) is 1. The van der Waals surface area contributed by atoms with Crippen LogP contribution in [0.15, 0.2) is 0 Å². The monoisotopic (exact) mass is 226 g/mol. The van der Waals surface area contributed by atoms with E-state index in [2.05, 4.69) is 32.2 Å². The Bertz CT molecular complexity index is 232. The van der Waals surface area contributed by atoms with Gasteiger partial charge in [0.15, 0.2) is 0 Å². The quantitative estimate of drug-likeness (QED) is 0.800. The predicted molar refractivity (Wildman–Crippen MR) is 67.0 cm³/mol. The number of nitriles is 1. The fraction of sp³-hybridized carbons (Fsp3) is 0.917. The molecule has 86 valence electrons. The highest BCUT2D eigenvalue weighted by atomic mass is 32.2. The maximum absolute atomic E-state index is 8.70. The van der Waals surface area contributed by atoms with Gasteiger partial charge < -0.3 is 5.32 Å². The molecule has 1 heterocycles. The second-order valence-corrected chi connectivity index (χ2v) is 6.24. The molecule has 1 rings (SSSR count). The summed E-state index contributed by atoms with van der Waals surface area (Å²) >= 11 is 2.04. The molecule has 0 saturated carbocycles. The normalized spacial score (nSPS) is 26.9. The van der Waals surface area contributed by atoms with Crippen molar-refractivity contribution in [1.29, 1.82) is 5.26 Å². The third kappa shape index (κ3) is 4.44. The average Bonchev–Trinajstić information content (AvgIpc) is 2.15. The largest absolute Gasteiger partial charge is 0.309 e. The van der Waals surface area contributed by atoms with Crippen LogP contribution in [-0.2, 0) is 0 Å². The van der Waals surface area contributed by atoms with Crippen LogP contribution < -0.4 is 5.32 Å². The number of hydrogen-bond donors (Lipinski definition) is 1. The second kappa shape index (κ2) is 5.77. The van der Waals surface area contributed by atoms with E-state index in [9.17, 15) is 0 Å². The molecule has 0 radical (unpaired) electrons. The zero-order chi connectivity index (χ0) is 11.3. The molecule has 0 amide bonds. The number of thioether (sulfide) groups is 1. The fourth-order valence-corrected chi connectivity index (χ4v) is 3.42. The van der Waals surface area contributed by atoms with E-state index in [-0.39, 0.29) is 0 Å². The molecule has 0 bridgehead atoms. The zero-order valence-electron chi connectivity index (χ0n) is 10.0. The molecule has 1 fully saturated rings. The van der Waals surface area contributed by atoms with Crippen molar-refractivity contribution in [3.05, 3.63) is 0 Å². The summed E-state index contributed by atoms with van der Waals surface area (Å²) in [5, 5.41) is 12.3. The summed E-state index contributed by atoms with van der Waals surface area (Å²) in [5.74, 6) is 2.46. The third-order valence-electron chi connectivity index (χ3n) is 2.91. The summed E-state index contributed by atoms with van der Waals surface area (Å²) in [5.41, 5.74) is 0.450. The van der Waals surface area contributed by atoms with Crippen LogP contribution in [0.4, 0.5) is 0 Å².